The van der Waals surface area contributed by atoms with E-state index in [-0.39, 0.29) is 17.2 Å². The fourth-order valence-electron chi connectivity index (χ4n) is 2.16. The highest BCUT2D eigenvalue weighted by molar-refractivity contribution is 5.90. The molecule has 2 fully saturated rings. The normalized spacial score (nSPS) is 30.1. The Hall–Kier alpha value is -1.06. The standard InChI is InChI=1S/C11H17NO3/c1-10(2)6-7(10)8(13)12-11(9(14)15)4-3-5-11/h7H,3-6H2,1-2H3,(H,12,13)(H,14,15)/t7-/m1/s1. The molecule has 2 N–H and O–H groups in total. The lowest BCUT2D eigenvalue weighted by atomic mass is 9.76. The van der Waals surface area contributed by atoms with Gasteiger partial charge in [-0.15, -0.1) is 0 Å². The molecule has 4 nitrogen and oxygen atoms in total. The number of carbonyl (C=O) groups is 2. The van der Waals surface area contributed by atoms with Gasteiger partial charge in [0.05, 0.1) is 0 Å². The zero-order valence-electron chi connectivity index (χ0n) is 9.17. The molecule has 0 spiro atoms. The Morgan fingerprint density at radius 3 is 2.13 bits per heavy atom. The van der Waals surface area contributed by atoms with E-state index in [4.69, 9.17) is 5.11 Å². The minimum atomic E-state index is -0.949. The predicted octanol–water partition coefficient (Wildman–Crippen LogP) is 1.16. The Labute approximate surface area is 89.0 Å². The van der Waals surface area contributed by atoms with Gasteiger partial charge in [0.25, 0.3) is 0 Å². The number of aliphatic carboxylic acids is 1. The molecule has 0 heterocycles. The molecule has 0 aromatic carbocycles. The molecule has 1 atom stereocenters. The van der Waals surface area contributed by atoms with Gasteiger partial charge in [-0.05, 0) is 31.1 Å². The molecule has 84 valence electrons. The number of rotatable bonds is 3. The van der Waals surface area contributed by atoms with Gasteiger partial charge in [0.2, 0.25) is 5.91 Å². The first-order valence-corrected chi connectivity index (χ1v) is 5.43. The number of hydrogen-bond donors (Lipinski definition) is 2. The summed E-state index contributed by atoms with van der Waals surface area (Å²) in [6, 6.07) is 0. The molecule has 2 rings (SSSR count). The van der Waals surface area contributed by atoms with Crippen molar-refractivity contribution in [3.8, 4) is 0 Å². The zero-order chi connectivity index (χ0) is 11.3. The average molecular weight is 211 g/mol. The Bertz CT molecular complexity index is 318. The second kappa shape index (κ2) is 2.97. The van der Waals surface area contributed by atoms with Crippen molar-refractivity contribution in [3.05, 3.63) is 0 Å². The highest BCUT2D eigenvalue weighted by atomic mass is 16.4. The fourth-order valence-corrected chi connectivity index (χ4v) is 2.16. The van der Waals surface area contributed by atoms with E-state index in [1.165, 1.54) is 0 Å². The summed E-state index contributed by atoms with van der Waals surface area (Å²) in [5.41, 5.74) is -0.886. The van der Waals surface area contributed by atoms with Gasteiger partial charge in [-0.1, -0.05) is 13.8 Å². The summed E-state index contributed by atoms with van der Waals surface area (Å²) >= 11 is 0. The van der Waals surface area contributed by atoms with E-state index in [2.05, 4.69) is 5.32 Å². The maximum absolute atomic E-state index is 11.8. The highest BCUT2D eigenvalue weighted by Crippen LogP contribution is 2.52. The Morgan fingerprint density at radius 1 is 1.33 bits per heavy atom. The summed E-state index contributed by atoms with van der Waals surface area (Å²) in [6.07, 6.45) is 2.90. The fraction of sp³-hybridized carbons (Fsp3) is 0.818. The Kier molecular flexibility index (Phi) is 2.07. The van der Waals surface area contributed by atoms with Crippen LogP contribution in [0.4, 0.5) is 0 Å². The monoisotopic (exact) mass is 211 g/mol. The molecule has 0 bridgehead atoms. The number of amides is 1. The lowest BCUT2D eigenvalue weighted by Crippen LogP contribution is -2.59. The number of nitrogens with one attached hydrogen (secondary N) is 1. The molecular weight excluding hydrogens is 194 g/mol. The van der Waals surface area contributed by atoms with Crippen molar-refractivity contribution >= 4 is 11.9 Å². The third-order valence-corrected chi connectivity index (χ3v) is 3.81. The largest absolute Gasteiger partial charge is 0.480 e. The topological polar surface area (TPSA) is 66.4 Å². The van der Waals surface area contributed by atoms with Crippen LogP contribution in [0.5, 0.6) is 0 Å². The van der Waals surface area contributed by atoms with Crippen molar-refractivity contribution in [2.24, 2.45) is 11.3 Å². The number of hydrogen-bond acceptors (Lipinski definition) is 2. The van der Waals surface area contributed by atoms with Crippen molar-refractivity contribution in [3.63, 3.8) is 0 Å². The van der Waals surface area contributed by atoms with Crippen molar-refractivity contribution in [2.75, 3.05) is 0 Å². The lowest BCUT2D eigenvalue weighted by Gasteiger charge is -2.38. The van der Waals surface area contributed by atoms with Crippen molar-refractivity contribution in [2.45, 2.75) is 45.1 Å². The van der Waals surface area contributed by atoms with Gasteiger partial charge in [0.15, 0.2) is 0 Å². The molecule has 0 aromatic heterocycles. The van der Waals surface area contributed by atoms with E-state index >= 15 is 0 Å². The summed E-state index contributed by atoms with van der Waals surface area (Å²) < 4.78 is 0. The van der Waals surface area contributed by atoms with Crippen LogP contribution in [0.25, 0.3) is 0 Å². The first kappa shape index (κ1) is 10.5. The van der Waals surface area contributed by atoms with Crippen LogP contribution in [0, 0.1) is 11.3 Å². The lowest BCUT2D eigenvalue weighted by molar-refractivity contribution is -0.152. The third-order valence-electron chi connectivity index (χ3n) is 3.81. The van der Waals surface area contributed by atoms with E-state index in [0.29, 0.717) is 12.8 Å². The maximum atomic E-state index is 11.8. The predicted molar refractivity (Wildman–Crippen MR) is 54.2 cm³/mol. The van der Waals surface area contributed by atoms with Crippen LogP contribution in [-0.4, -0.2) is 22.5 Å². The van der Waals surface area contributed by atoms with Gasteiger partial charge in [0, 0.05) is 5.92 Å². The van der Waals surface area contributed by atoms with Gasteiger partial charge >= 0.3 is 5.97 Å². The van der Waals surface area contributed by atoms with E-state index in [1.807, 2.05) is 13.8 Å². The molecule has 0 unspecified atom stereocenters. The van der Waals surface area contributed by atoms with Gasteiger partial charge in [-0.3, -0.25) is 4.79 Å². The van der Waals surface area contributed by atoms with Crippen LogP contribution in [0.1, 0.15) is 39.5 Å². The SMILES string of the molecule is CC1(C)C[C@@H]1C(=O)NC1(C(=O)O)CCC1. The zero-order valence-corrected chi connectivity index (χ0v) is 9.17. The summed E-state index contributed by atoms with van der Waals surface area (Å²) in [6.45, 7) is 4.07. The number of carboxylic acids is 1. The van der Waals surface area contributed by atoms with Crippen LogP contribution in [0.3, 0.4) is 0 Å². The van der Waals surface area contributed by atoms with Crippen LogP contribution in [0.2, 0.25) is 0 Å². The molecular formula is C11H17NO3. The Balaban J connectivity index is 1.97. The summed E-state index contributed by atoms with van der Waals surface area (Å²) in [7, 11) is 0. The van der Waals surface area contributed by atoms with Gasteiger partial charge in [-0.25, -0.2) is 4.79 Å². The van der Waals surface area contributed by atoms with Gasteiger partial charge in [0.1, 0.15) is 5.54 Å². The quantitative estimate of drug-likeness (QED) is 0.736. The smallest absolute Gasteiger partial charge is 0.329 e. The Morgan fingerprint density at radius 2 is 1.87 bits per heavy atom. The van der Waals surface area contributed by atoms with Gasteiger partial charge < -0.3 is 10.4 Å². The van der Waals surface area contributed by atoms with Crippen LogP contribution in [0.15, 0.2) is 0 Å². The van der Waals surface area contributed by atoms with Crippen LogP contribution >= 0.6 is 0 Å². The van der Waals surface area contributed by atoms with Crippen LogP contribution < -0.4 is 5.32 Å². The molecule has 2 saturated carbocycles. The first-order chi connectivity index (χ1) is 6.87. The maximum Gasteiger partial charge on any atom is 0.329 e. The molecule has 0 radical (unpaired) electrons. The molecule has 1 amide bonds. The number of carboxylic acid groups (broad SMARTS) is 1. The third kappa shape index (κ3) is 1.62. The molecule has 0 aliphatic heterocycles. The van der Waals surface area contributed by atoms with Crippen molar-refractivity contribution in [1.29, 1.82) is 0 Å². The molecule has 2 aliphatic rings. The highest BCUT2D eigenvalue weighted by Gasteiger charge is 2.54. The average Bonchev–Trinajstić information content (AvgIpc) is 2.66. The van der Waals surface area contributed by atoms with Crippen molar-refractivity contribution in [1.82, 2.24) is 5.32 Å². The minimum Gasteiger partial charge on any atom is -0.480 e. The molecule has 2 aliphatic carbocycles. The minimum absolute atomic E-state index is 0.00863. The van der Waals surface area contributed by atoms with Crippen LogP contribution in [-0.2, 0) is 9.59 Å². The second-order valence-electron chi connectivity index (χ2n) is 5.48. The summed E-state index contributed by atoms with van der Waals surface area (Å²) in [5.74, 6) is -0.961. The molecule has 0 aromatic rings. The molecule has 15 heavy (non-hydrogen) atoms. The summed E-state index contributed by atoms with van der Waals surface area (Å²) in [5, 5.41) is 11.8. The molecule has 0 saturated heterocycles. The first-order valence-electron chi connectivity index (χ1n) is 5.43. The van der Waals surface area contributed by atoms with E-state index in [9.17, 15) is 9.59 Å². The number of carbonyl (C=O) groups excluding carboxylic acids is 1. The molecule has 4 heteroatoms. The van der Waals surface area contributed by atoms with Crippen molar-refractivity contribution < 1.29 is 14.7 Å². The second-order valence-corrected chi connectivity index (χ2v) is 5.48. The van der Waals surface area contributed by atoms with E-state index < -0.39 is 11.5 Å². The summed E-state index contributed by atoms with van der Waals surface area (Å²) in [4.78, 5) is 22.8. The van der Waals surface area contributed by atoms with E-state index in [0.717, 1.165) is 12.8 Å². The van der Waals surface area contributed by atoms with Gasteiger partial charge in [-0.2, -0.15) is 0 Å². The van der Waals surface area contributed by atoms with E-state index in [1.54, 1.807) is 0 Å².